The highest BCUT2D eigenvalue weighted by Gasteiger charge is 2.18. The van der Waals surface area contributed by atoms with E-state index in [1.807, 2.05) is 60.7 Å². The zero-order valence-corrected chi connectivity index (χ0v) is 31.2. The molecule has 0 fully saturated rings. The van der Waals surface area contributed by atoms with Gasteiger partial charge in [0.15, 0.2) is 17.5 Å². The SMILES string of the molecule is c1ccc(-c2nc(-c3ccccc3)nc(-c3ccc4c(c3)sc3cc(-c5cccc6oc7ccc(-n8c9ccccc9c9ccccc98)cc7c56)ccc34)n2)cc1. The maximum Gasteiger partial charge on any atom is 0.164 e. The van der Waals surface area contributed by atoms with Gasteiger partial charge in [-0.05, 0) is 59.7 Å². The van der Waals surface area contributed by atoms with Gasteiger partial charge in [-0.15, -0.1) is 11.3 Å². The van der Waals surface area contributed by atoms with E-state index in [9.17, 15) is 0 Å². The molecule has 12 aromatic rings. The second-order valence-electron chi connectivity index (χ2n) is 14.4. The first-order chi connectivity index (χ1) is 28.2. The van der Waals surface area contributed by atoms with Crippen molar-refractivity contribution in [2.75, 3.05) is 0 Å². The average Bonchev–Trinajstić information content (AvgIpc) is 3.95. The summed E-state index contributed by atoms with van der Waals surface area (Å²) in [5, 5.41) is 7.16. The van der Waals surface area contributed by atoms with E-state index in [1.165, 1.54) is 42.0 Å². The number of para-hydroxylation sites is 2. The molecule has 4 aromatic heterocycles. The second-order valence-corrected chi connectivity index (χ2v) is 15.5. The molecule has 8 aromatic carbocycles. The van der Waals surface area contributed by atoms with Gasteiger partial charge in [0, 0.05) is 64.1 Å². The number of hydrogen-bond acceptors (Lipinski definition) is 5. The summed E-state index contributed by atoms with van der Waals surface area (Å²) in [6.07, 6.45) is 0. The number of aromatic nitrogens is 4. The Balaban J connectivity index is 0.982. The van der Waals surface area contributed by atoms with Crippen molar-refractivity contribution in [3.8, 4) is 51.0 Å². The lowest BCUT2D eigenvalue weighted by molar-refractivity contribution is 0.669. The van der Waals surface area contributed by atoms with E-state index in [-0.39, 0.29) is 0 Å². The molecule has 4 heterocycles. The van der Waals surface area contributed by atoms with Crippen LogP contribution in [0.2, 0.25) is 0 Å². The lowest BCUT2D eigenvalue weighted by Crippen LogP contribution is -1.99. The van der Waals surface area contributed by atoms with Crippen LogP contribution in [-0.4, -0.2) is 19.5 Å². The van der Waals surface area contributed by atoms with E-state index in [1.54, 1.807) is 11.3 Å². The fourth-order valence-corrected chi connectivity index (χ4v) is 9.60. The van der Waals surface area contributed by atoms with Gasteiger partial charge in [0.05, 0.1) is 11.0 Å². The predicted molar refractivity (Wildman–Crippen MR) is 236 cm³/mol. The van der Waals surface area contributed by atoms with Crippen LogP contribution in [0, 0.1) is 0 Å². The molecule has 266 valence electrons. The summed E-state index contributed by atoms with van der Waals surface area (Å²) in [4.78, 5) is 14.9. The highest BCUT2D eigenvalue weighted by molar-refractivity contribution is 7.25. The number of benzene rings is 8. The predicted octanol–water partition coefficient (Wildman–Crippen LogP) is 13.9. The maximum atomic E-state index is 6.50. The van der Waals surface area contributed by atoms with Crippen molar-refractivity contribution in [1.29, 1.82) is 0 Å². The van der Waals surface area contributed by atoms with Crippen LogP contribution in [0.3, 0.4) is 0 Å². The third kappa shape index (κ3) is 5.12. The van der Waals surface area contributed by atoms with Gasteiger partial charge in [-0.25, -0.2) is 15.0 Å². The fraction of sp³-hybridized carbons (Fsp3) is 0. The van der Waals surface area contributed by atoms with Crippen LogP contribution in [0.1, 0.15) is 0 Å². The van der Waals surface area contributed by atoms with E-state index in [2.05, 4.69) is 126 Å². The molecule has 0 saturated heterocycles. The van der Waals surface area contributed by atoms with Crippen LogP contribution < -0.4 is 0 Å². The standard InChI is InChI=1S/C51H30N4OS/c1-3-12-31(13-4-1)49-52-50(32-14-5-2-6-15-32)54-51(53-49)34-23-26-40-39-25-22-33(28-46(39)57-47(40)29-34)36-18-11-21-45-48(36)41-30-35(24-27-44(41)56-45)55-42-19-9-7-16-37(42)38-17-8-10-20-43(38)55/h1-30H. The fourth-order valence-electron chi connectivity index (χ4n) is 8.42. The molecule has 0 amide bonds. The van der Waals surface area contributed by atoms with Gasteiger partial charge in [0.25, 0.3) is 0 Å². The molecular formula is C51H30N4OS. The molecule has 0 saturated carbocycles. The summed E-state index contributed by atoms with van der Waals surface area (Å²) in [6.45, 7) is 0. The van der Waals surface area contributed by atoms with Gasteiger partial charge in [-0.3, -0.25) is 0 Å². The molecule has 0 radical (unpaired) electrons. The summed E-state index contributed by atoms with van der Waals surface area (Å²) in [7, 11) is 0. The summed E-state index contributed by atoms with van der Waals surface area (Å²) < 4.78 is 11.3. The first-order valence-corrected chi connectivity index (χ1v) is 19.8. The molecule has 6 heteroatoms. The molecule has 0 N–H and O–H groups in total. The number of hydrogen-bond donors (Lipinski definition) is 0. The van der Waals surface area contributed by atoms with Crippen molar-refractivity contribution in [1.82, 2.24) is 19.5 Å². The molecule has 0 atom stereocenters. The smallest absolute Gasteiger partial charge is 0.164 e. The third-order valence-corrected chi connectivity index (χ3v) is 12.2. The Morgan fingerprint density at radius 3 is 1.60 bits per heavy atom. The van der Waals surface area contributed by atoms with Crippen LogP contribution in [0.15, 0.2) is 186 Å². The summed E-state index contributed by atoms with van der Waals surface area (Å²) in [5.74, 6) is 1.97. The minimum Gasteiger partial charge on any atom is -0.456 e. The summed E-state index contributed by atoms with van der Waals surface area (Å²) in [6, 6.07) is 63.9. The molecule has 0 aliphatic carbocycles. The molecule has 57 heavy (non-hydrogen) atoms. The maximum absolute atomic E-state index is 6.50. The van der Waals surface area contributed by atoms with Gasteiger partial charge < -0.3 is 8.98 Å². The quantitative estimate of drug-likeness (QED) is 0.176. The highest BCUT2D eigenvalue weighted by Crippen LogP contribution is 2.42. The van der Waals surface area contributed by atoms with Gasteiger partial charge in [-0.2, -0.15) is 0 Å². The Morgan fingerprint density at radius 1 is 0.386 bits per heavy atom. The first kappa shape index (κ1) is 31.9. The van der Waals surface area contributed by atoms with Gasteiger partial charge in [-0.1, -0.05) is 133 Å². The van der Waals surface area contributed by atoms with Crippen LogP contribution in [0.5, 0.6) is 0 Å². The third-order valence-electron chi connectivity index (χ3n) is 11.1. The first-order valence-electron chi connectivity index (χ1n) is 19.0. The van der Waals surface area contributed by atoms with Crippen molar-refractivity contribution < 1.29 is 4.42 Å². The minimum atomic E-state index is 0.654. The molecule has 0 aliphatic heterocycles. The lowest BCUT2D eigenvalue weighted by Gasteiger charge is -2.09. The van der Waals surface area contributed by atoms with Crippen LogP contribution in [-0.2, 0) is 0 Å². The minimum absolute atomic E-state index is 0.654. The van der Waals surface area contributed by atoms with Crippen molar-refractivity contribution in [2.45, 2.75) is 0 Å². The zero-order valence-electron chi connectivity index (χ0n) is 30.4. The number of nitrogens with zero attached hydrogens (tertiary/aromatic N) is 4. The van der Waals surface area contributed by atoms with E-state index in [0.29, 0.717) is 17.5 Å². The van der Waals surface area contributed by atoms with Crippen molar-refractivity contribution >= 4 is 75.3 Å². The van der Waals surface area contributed by atoms with Crippen molar-refractivity contribution in [2.24, 2.45) is 0 Å². The number of thiophene rings is 1. The van der Waals surface area contributed by atoms with Crippen molar-refractivity contribution in [3.05, 3.63) is 182 Å². The molecule has 0 spiro atoms. The number of furan rings is 1. The van der Waals surface area contributed by atoms with E-state index < -0.39 is 0 Å². The van der Waals surface area contributed by atoms with Gasteiger partial charge in [0.2, 0.25) is 0 Å². The Bertz CT molecular complexity index is 3420. The average molecular weight is 747 g/mol. The van der Waals surface area contributed by atoms with Gasteiger partial charge >= 0.3 is 0 Å². The van der Waals surface area contributed by atoms with E-state index in [4.69, 9.17) is 19.4 Å². The normalized spacial score (nSPS) is 11.9. The van der Waals surface area contributed by atoms with Crippen LogP contribution in [0.4, 0.5) is 0 Å². The lowest BCUT2D eigenvalue weighted by atomic mass is 9.98. The molecule has 12 rings (SSSR count). The zero-order chi connectivity index (χ0) is 37.5. The Labute approximate surface area is 330 Å². The second kappa shape index (κ2) is 12.6. The summed E-state index contributed by atoms with van der Waals surface area (Å²) >= 11 is 1.80. The molecule has 0 bridgehead atoms. The van der Waals surface area contributed by atoms with Crippen LogP contribution >= 0.6 is 11.3 Å². The largest absolute Gasteiger partial charge is 0.456 e. The van der Waals surface area contributed by atoms with Crippen LogP contribution in [0.25, 0.3) is 115 Å². The summed E-state index contributed by atoms with van der Waals surface area (Å²) in [5.41, 5.74) is 10.4. The molecule has 5 nitrogen and oxygen atoms in total. The molecule has 0 aliphatic rings. The van der Waals surface area contributed by atoms with E-state index >= 15 is 0 Å². The monoisotopic (exact) mass is 746 g/mol. The van der Waals surface area contributed by atoms with Gasteiger partial charge in [0.1, 0.15) is 11.2 Å². The molecular weight excluding hydrogens is 717 g/mol. The highest BCUT2D eigenvalue weighted by atomic mass is 32.1. The Morgan fingerprint density at radius 2 is 0.947 bits per heavy atom. The van der Waals surface area contributed by atoms with E-state index in [0.717, 1.165) is 55.4 Å². The number of rotatable bonds is 5. The number of fused-ring (bicyclic) bond motifs is 9. The molecule has 0 unspecified atom stereocenters. The van der Waals surface area contributed by atoms with Crippen molar-refractivity contribution in [3.63, 3.8) is 0 Å². The topological polar surface area (TPSA) is 56.7 Å². The Hall–Kier alpha value is -7.41. The Kier molecular flexibility index (Phi) is 7.03.